The van der Waals surface area contributed by atoms with Crippen molar-refractivity contribution in [1.29, 1.82) is 0 Å². The van der Waals surface area contributed by atoms with Gasteiger partial charge in [0.15, 0.2) is 5.78 Å². The van der Waals surface area contributed by atoms with E-state index in [1.165, 1.54) is 17.7 Å². The van der Waals surface area contributed by atoms with Crippen LogP contribution in [0.15, 0.2) is 54.6 Å². The molecule has 3 rings (SSSR count). The molecule has 1 aromatic heterocycles. The van der Waals surface area contributed by atoms with E-state index in [1.807, 2.05) is 19.9 Å². The molecule has 0 saturated carbocycles. The van der Waals surface area contributed by atoms with Gasteiger partial charge in [-0.1, -0.05) is 29.8 Å². The van der Waals surface area contributed by atoms with Crippen LogP contribution in [0.4, 0.5) is 4.39 Å². The monoisotopic (exact) mass is 350 g/mol. The third-order valence-corrected chi connectivity index (χ3v) is 4.55. The predicted molar refractivity (Wildman–Crippen MR) is 102 cm³/mol. The molecule has 1 heterocycles. The number of ketones is 1. The average Bonchev–Trinajstić information content (AvgIpc) is 2.92. The molecule has 0 radical (unpaired) electrons. The third kappa shape index (κ3) is 3.92. The molecule has 0 aliphatic heterocycles. The summed E-state index contributed by atoms with van der Waals surface area (Å²) in [6.45, 7) is 6.81. The van der Waals surface area contributed by atoms with E-state index in [1.54, 1.807) is 12.1 Å². The zero-order chi connectivity index (χ0) is 18.7. The first kappa shape index (κ1) is 18.1. The van der Waals surface area contributed by atoms with Crippen LogP contribution in [0.3, 0.4) is 0 Å². The van der Waals surface area contributed by atoms with Crippen molar-refractivity contribution in [3.05, 3.63) is 88.5 Å². The lowest BCUT2D eigenvalue weighted by molar-refractivity contribution is 0.0990. The van der Waals surface area contributed by atoms with Gasteiger partial charge in [0.1, 0.15) is 5.82 Å². The van der Waals surface area contributed by atoms with Gasteiger partial charge in [-0.15, -0.1) is 0 Å². The number of nitrogens with one attached hydrogen (secondary N) is 1. The highest BCUT2D eigenvalue weighted by molar-refractivity contribution is 5.99. The van der Waals surface area contributed by atoms with Crippen molar-refractivity contribution >= 4 is 5.78 Å². The summed E-state index contributed by atoms with van der Waals surface area (Å²) in [5, 5.41) is 3.14. The average molecular weight is 350 g/mol. The Morgan fingerprint density at radius 1 is 1.00 bits per heavy atom. The quantitative estimate of drug-likeness (QED) is 0.664. The first-order chi connectivity index (χ1) is 12.5. The lowest BCUT2D eigenvalue weighted by Crippen LogP contribution is -2.23. The van der Waals surface area contributed by atoms with Crippen LogP contribution in [0.2, 0.25) is 0 Å². The van der Waals surface area contributed by atoms with Crippen molar-refractivity contribution in [3.63, 3.8) is 0 Å². The largest absolute Gasteiger partial charge is 0.318 e. The van der Waals surface area contributed by atoms with Gasteiger partial charge in [0.25, 0.3) is 0 Å². The zero-order valence-corrected chi connectivity index (χ0v) is 15.3. The number of carbonyl (C=O) groups is 1. The van der Waals surface area contributed by atoms with Gasteiger partial charge in [0, 0.05) is 29.2 Å². The van der Waals surface area contributed by atoms with Crippen molar-refractivity contribution in [3.8, 4) is 5.69 Å². The fourth-order valence-corrected chi connectivity index (χ4v) is 3.15. The molecule has 134 valence electrons. The highest BCUT2D eigenvalue weighted by Crippen LogP contribution is 2.21. The molecular formula is C22H23FN2O. The maximum absolute atomic E-state index is 12.9. The van der Waals surface area contributed by atoms with Crippen molar-refractivity contribution in [2.75, 3.05) is 6.54 Å². The normalized spacial score (nSPS) is 10.9. The second-order valence-electron chi connectivity index (χ2n) is 6.61. The van der Waals surface area contributed by atoms with Gasteiger partial charge in [-0.05, 0) is 56.7 Å². The molecule has 0 saturated heterocycles. The van der Waals surface area contributed by atoms with Crippen LogP contribution in [-0.4, -0.2) is 16.9 Å². The van der Waals surface area contributed by atoms with Gasteiger partial charge in [-0.25, -0.2) is 4.39 Å². The van der Waals surface area contributed by atoms with Gasteiger partial charge in [-0.2, -0.15) is 0 Å². The number of aryl methyl sites for hydroxylation is 2. The van der Waals surface area contributed by atoms with E-state index in [4.69, 9.17) is 0 Å². The van der Waals surface area contributed by atoms with Gasteiger partial charge in [0.2, 0.25) is 0 Å². The Bertz CT molecular complexity index is 909. The summed E-state index contributed by atoms with van der Waals surface area (Å²) in [7, 11) is 0. The topological polar surface area (TPSA) is 34.0 Å². The molecular weight excluding hydrogens is 327 g/mol. The maximum Gasteiger partial charge on any atom is 0.178 e. The minimum absolute atomic E-state index is 0.0542. The number of carbonyl (C=O) groups excluding carboxylic acids is 1. The molecule has 0 spiro atoms. The summed E-state index contributed by atoms with van der Waals surface area (Å²) in [4.78, 5) is 12.6. The molecule has 1 N–H and O–H groups in total. The molecule has 0 aliphatic rings. The number of aromatic nitrogens is 1. The SMILES string of the molecule is Cc1ccc(-n2c(C)cc(C(=O)CNCc3ccc(F)cc3)c2C)cc1. The first-order valence-corrected chi connectivity index (χ1v) is 8.70. The Morgan fingerprint density at radius 2 is 1.65 bits per heavy atom. The van der Waals surface area contributed by atoms with Crippen molar-refractivity contribution in [2.24, 2.45) is 0 Å². The number of hydrogen-bond acceptors (Lipinski definition) is 2. The van der Waals surface area contributed by atoms with E-state index in [0.29, 0.717) is 6.54 Å². The third-order valence-electron chi connectivity index (χ3n) is 4.55. The number of nitrogens with zero attached hydrogens (tertiary/aromatic N) is 1. The number of halogens is 1. The second-order valence-corrected chi connectivity index (χ2v) is 6.61. The number of benzene rings is 2. The molecule has 0 aliphatic carbocycles. The van der Waals surface area contributed by atoms with Crippen molar-refractivity contribution in [2.45, 2.75) is 27.3 Å². The summed E-state index contributed by atoms with van der Waals surface area (Å²) >= 11 is 0. The summed E-state index contributed by atoms with van der Waals surface area (Å²) < 4.78 is 15.0. The molecule has 0 amide bonds. The summed E-state index contributed by atoms with van der Waals surface area (Å²) in [5.74, 6) is -0.202. The Kier molecular flexibility index (Phi) is 5.33. The van der Waals surface area contributed by atoms with Gasteiger partial charge in [0.05, 0.1) is 6.54 Å². The Morgan fingerprint density at radius 3 is 2.31 bits per heavy atom. The van der Waals surface area contributed by atoms with E-state index in [9.17, 15) is 9.18 Å². The molecule has 0 unspecified atom stereocenters. The van der Waals surface area contributed by atoms with E-state index in [-0.39, 0.29) is 18.1 Å². The zero-order valence-electron chi connectivity index (χ0n) is 15.3. The van der Waals surface area contributed by atoms with Crippen LogP contribution < -0.4 is 5.32 Å². The van der Waals surface area contributed by atoms with Crippen LogP contribution >= 0.6 is 0 Å². The van der Waals surface area contributed by atoms with Crippen molar-refractivity contribution in [1.82, 2.24) is 9.88 Å². The van der Waals surface area contributed by atoms with E-state index in [0.717, 1.165) is 28.2 Å². The smallest absolute Gasteiger partial charge is 0.178 e. The Labute approximate surface area is 153 Å². The van der Waals surface area contributed by atoms with Crippen LogP contribution in [0, 0.1) is 26.6 Å². The predicted octanol–water partition coefficient (Wildman–Crippen LogP) is 4.51. The summed E-state index contributed by atoms with van der Waals surface area (Å²) in [6, 6.07) is 16.5. The van der Waals surface area contributed by atoms with E-state index in [2.05, 4.69) is 41.1 Å². The van der Waals surface area contributed by atoms with Crippen molar-refractivity contribution < 1.29 is 9.18 Å². The standard InChI is InChI=1S/C22H23FN2O/c1-15-4-10-20(11-5-15)25-16(2)12-21(17(25)3)22(26)14-24-13-18-6-8-19(23)9-7-18/h4-12,24H,13-14H2,1-3H3. The van der Waals surface area contributed by atoms with E-state index >= 15 is 0 Å². The van der Waals surface area contributed by atoms with Gasteiger partial charge >= 0.3 is 0 Å². The highest BCUT2D eigenvalue weighted by Gasteiger charge is 2.16. The highest BCUT2D eigenvalue weighted by atomic mass is 19.1. The van der Waals surface area contributed by atoms with Crippen LogP contribution in [0.1, 0.15) is 32.9 Å². The molecule has 3 nitrogen and oxygen atoms in total. The minimum Gasteiger partial charge on any atom is -0.318 e. The van der Waals surface area contributed by atoms with E-state index < -0.39 is 0 Å². The molecule has 26 heavy (non-hydrogen) atoms. The van der Waals surface area contributed by atoms with Gasteiger partial charge in [-0.3, -0.25) is 4.79 Å². The van der Waals surface area contributed by atoms with Crippen LogP contribution in [0.5, 0.6) is 0 Å². The summed E-state index contributed by atoms with van der Waals surface area (Å²) in [6.07, 6.45) is 0. The molecule has 0 bridgehead atoms. The molecule has 4 heteroatoms. The first-order valence-electron chi connectivity index (χ1n) is 8.70. The minimum atomic E-state index is -0.256. The second kappa shape index (κ2) is 7.67. The fourth-order valence-electron chi connectivity index (χ4n) is 3.15. The molecule has 0 atom stereocenters. The fraction of sp³-hybridized carbons (Fsp3) is 0.227. The van der Waals surface area contributed by atoms with Crippen LogP contribution in [-0.2, 0) is 6.54 Å². The molecule has 2 aromatic carbocycles. The summed E-state index contributed by atoms with van der Waals surface area (Å²) in [5.41, 5.74) is 5.92. The molecule has 0 fully saturated rings. The lowest BCUT2D eigenvalue weighted by Gasteiger charge is -2.10. The maximum atomic E-state index is 12.9. The number of rotatable bonds is 6. The van der Waals surface area contributed by atoms with Crippen LogP contribution in [0.25, 0.3) is 5.69 Å². The Hall–Kier alpha value is -2.72. The number of hydrogen-bond donors (Lipinski definition) is 1. The lowest BCUT2D eigenvalue weighted by atomic mass is 10.1. The molecule has 3 aromatic rings. The Balaban J connectivity index is 1.70. The number of Topliss-reactive ketones (excluding diaryl/α,β-unsaturated/α-hetero) is 1. The van der Waals surface area contributed by atoms with Gasteiger partial charge < -0.3 is 9.88 Å².